The number of anilines is 1. The molecule has 7 nitrogen and oxygen atoms in total. The predicted molar refractivity (Wildman–Crippen MR) is 129 cm³/mol. The van der Waals surface area contributed by atoms with Gasteiger partial charge in [0.15, 0.2) is 0 Å². The van der Waals surface area contributed by atoms with Crippen LogP contribution in [-0.4, -0.2) is 56.9 Å². The minimum atomic E-state index is -2.66. The summed E-state index contributed by atoms with van der Waals surface area (Å²) in [4.78, 5) is 14.6. The van der Waals surface area contributed by atoms with Crippen LogP contribution in [0, 0.1) is 23.2 Å². The first-order valence-electron chi connectivity index (χ1n) is 12.4. The highest BCUT2D eigenvalue weighted by Crippen LogP contribution is 2.66. The fourth-order valence-corrected chi connectivity index (χ4v) is 9.62. The van der Waals surface area contributed by atoms with Gasteiger partial charge < -0.3 is 10.2 Å². The molecular formula is C25H34N4O3S. The number of hydrogen-bond donors (Lipinski definition) is 3. The summed E-state index contributed by atoms with van der Waals surface area (Å²) in [5, 5.41) is 13.1. The summed E-state index contributed by atoms with van der Waals surface area (Å²) in [6.07, 6.45) is 8.37. The van der Waals surface area contributed by atoms with Crippen LogP contribution < -0.4 is 9.62 Å². The van der Waals surface area contributed by atoms with Crippen LogP contribution in [0.4, 0.5) is 5.69 Å². The lowest BCUT2D eigenvalue weighted by atomic mass is 9.65. The van der Waals surface area contributed by atoms with E-state index < -0.39 is 10.8 Å². The number of nitriles is 1. The molecule has 0 aromatic heterocycles. The standard InChI is InChI=1S/C25H34N4O3S/c26-15-22-3-1-8-28(22)23(30)16-27-25-13-18-11-20(25)14-24(12-18,17-25)19-4-6-21(7-5-19)29-9-2-10-33(29,31)32/h4-7,18,20,22,27,31-32H,1-3,8-14,16-17H2/t18?,20?,22-,24?,25?/m0/s1. The van der Waals surface area contributed by atoms with E-state index in [0.717, 1.165) is 44.2 Å². The first-order chi connectivity index (χ1) is 15.8. The zero-order valence-electron chi connectivity index (χ0n) is 19.1. The molecule has 4 bridgehead atoms. The van der Waals surface area contributed by atoms with Gasteiger partial charge in [-0.3, -0.25) is 18.2 Å². The molecule has 2 saturated heterocycles. The lowest BCUT2D eigenvalue weighted by molar-refractivity contribution is -0.130. The minimum absolute atomic E-state index is 0.0313. The number of benzene rings is 1. The van der Waals surface area contributed by atoms with Gasteiger partial charge >= 0.3 is 0 Å². The quantitative estimate of drug-likeness (QED) is 0.604. The molecule has 6 aliphatic rings. The van der Waals surface area contributed by atoms with Crippen molar-refractivity contribution < 1.29 is 13.9 Å². The maximum absolute atomic E-state index is 12.9. The molecule has 4 saturated carbocycles. The van der Waals surface area contributed by atoms with Crippen molar-refractivity contribution in [3.05, 3.63) is 29.8 Å². The molecule has 1 amide bonds. The maximum Gasteiger partial charge on any atom is 0.237 e. The van der Waals surface area contributed by atoms with Crippen molar-refractivity contribution in [2.75, 3.05) is 29.7 Å². The van der Waals surface area contributed by atoms with E-state index >= 15 is 0 Å². The average molecular weight is 471 g/mol. The molecule has 0 radical (unpaired) electrons. The maximum atomic E-state index is 12.9. The van der Waals surface area contributed by atoms with Crippen LogP contribution in [0.15, 0.2) is 24.3 Å². The second-order valence-corrected chi connectivity index (χ2v) is 13.2. The molecule has 0 spiro atoms. The number of nitrogens with zero attached hydrogens (tertiary/aromatic N) is 3. The summed E-state index contributed by atoms with van der Waals surface area (Å²) in [7, 11) is -2.66. The largest absolute Gasteiger partial charge is 0.326 e. The third kappa shape index (κ3) is 3.39. The van der Waals surface area contributed by atoms with Crippen molar-refractivity contribution in [2.45, 2.75) is 68.4 Å². The molecule has 33 heavy (non-hydrogen) atoms. The Morgan fingerprint density at radius 1 is 1.18 bits per heavy atom. The van der Waals surface area contributed by atoms with Crippen LogP contribution >= 0.6 is 10.8 Å². The molecule has 2 aliphatic heterocycles. The number of rotatable bonds is 5. The van der Waals surface area contributed by atoms with Crippen molar-refractivity contribution in [3.63, 3.8) is 0 Å². The Labute approximate surface area is 197 Å². The number of likely N-dealkylation sites (tertiary alicyclic amines) is 1. The summed E-state index contributed by atoms with van der Waals surface area (Å²) >= 11 is 0. The zero-order valence-corrected chi connectivity index (χ0v) is 19.9. The molecule has 4 aliphatic carbocycles. The highest BCUT2D eigenvalue weighted by atomic mass is 32.3. The smallest absolute Gasteiger partial charge is 0.237 e. The minimum Gasteiger partial charge on any atom is -0.326 e. The van der Waals surface area contributed by atoms with Crippen LogP contribution in [0.5, 0.6) is 0 Å². The first-order valence-corrected chi connectivity index (χ1v) is 14.1. The molecule has 1 aromatic carbocycles. The summed E-state index contributed by atoms with van der Waals surface area (Å²) in [5.41, 5.74) is 2.44. The van der Waals surface area contributed by atoms with Gasteiger partial charge in [-0.2, -0.15) is 5.26 Å². The third-order valence-corrected chi connectivity index (χ3v) is 11.2. The number of hydrogen-bond acceptors (Lipinski definition) is 6. The summed E-state index contributed by atoms with van der Waals surface area (Å²) in [6.45, 7) is 1.74. The van der Waals surface area contributed by atoms with Crippen molar-refractivity contribution in [3.8, 4) is 6.07 Å². The summed E-state index contributed by atoms with van der Waals surface area (Å²) in [6, 6.07) is 10.6. The molecule has 5 atom stereocenters. The van der Waals surface area contributed by atoms with Crippen molar-refractivity contribution in [1.82, 2.24) is 10.2 Å². The Kier molecular flexibility index (Phi) is 5.01. The molecular weight excluding hydrogens is 436 g/mol. The van der Waals surface area contributed by atoms with Gasteiger partial charge in [0.25, 0.3) is 0 Å². The van der Waals surface area contributed by atoms with Crippen LogP contribution in [0.3, 0.4) is 0 Å². The van der Waals surface area contributed by atoms with Gasteiger partial charge in [0.1, 0.15) is 6.04 Å². The molecule has 178 valence electrons. The Morgan fingerprint density at radius 2 is 2.00 bits per heavy atom. The molecule has 4 unspecified atom stereocenters. The lowest BCUT2D eigenvalue weighted by Crippen LogP contribution is -2.52. The van der Waals surface area contributed by atoms with Gasteiger partial charge in [0.05, 0.1) is 24.1 Å². The van der Waals surface area contributed by atoms with Crippen LogP contribution in [0.1, 0.15) is 56.9 Å². The van der Waals surface area contributed by atoms with E-state index in [-0.39, 0.29) is 22.9 Å². The van der Waals surface area contributed by atoms with Gasteiger partial charge in [-0.25, -0.2) is 0 Å². The Bertz CT molecular complexity index is 994. The zero-order chi connectivity index (χ0) is 22.8. The van der Waals surface area contributed by atoms with E-state index in [2.05, 4.69) is 35.7 Å². The molecule has 8 heteroatoms. The van der Waals surface area contributed by atoms with Crippen molar-refractivity contribution >= 4 is 22.4 Å². The van der Waals surface area contributed by atoms with Crippen molar-refractivity contribution in [2.24, 2.45) is 11.8 Å². The Hall–Kier alpha value is -1.79. The van der Waals surface area contributed by atoms with E-state index in [1.165, 1.54) is 18.4 Å². The van der Waals surface area contributed by atoms with Crippen LogP contribution in [-0.2, 0) is 10.2 Å². The third-order valence-electron chi connectivity index (χ3n) is 9.24. The second kappa shape index (κ2) is 7.61. The lowest BCUT2D eigenvalue weighted by Gasteiger charge is -2.42. The molecule has 7 rings (SSSR count). The fourth-order valence-electron chi connectivity index (χ4n) is 8.01. The van der Waals surface area contributed by atoms with Gasteiger partial charge in [-0.1, -0.05) is 12.1 Å². The Morgan fingerprint density at radius 3 is 2.73 bits per heavy atom. The SMILES string of the molecule is N#C[C@@H]1CCCN1C(=O)CNC12CC3CC1CC(c1ccc(N4CCCS4(O)O)cc1)(C3)C2. The van der Waals surface area contributed by atoms with E-state index in [4.69, 9.17) is 0 Å². The fraction of sp³-hybridized carbons (Fsp3) is 0.680. The number of carbonyl (C=O) groups excluding carboxylic acids is 1. The van der Waals surface area contributed by atoms with Gasteiger partial charge in [-0.15, -0.1) is 10.8 Å². The highest BCUT2D eigenvalue weighted by molar-refractivity contribution is 8.25. The highest BCUT2D eigenvalue weighted by Gasteiger charge is 2.64. The van der Waals surface area contributed by atoms with Crippen molar-refractivity contribution in [1.29, 1.82) is 5.26 Å². The van der Waals surface area contributed by atoms with E-state index in [9.17, 15) is 19.2 Å². The monoisotopic (exact) mass is 470 g/mol. The number of carbonyl (C=O) groups is 1. The predicted octanol–water partition coefficient (Wildman–Crippen LogP) is 3.87. The van der Waals surface area contributed by atoms with Crippen LogP contribution in [0.2, 0.25) is 0 Å². The normalized spacial score (nSPS) is 39.2. The van der Waals surface area contributed by atoms with E-state index in [1.807, 2.05) is 0 Å². The second-order valence-electron chi connectivity index (χ2n) is 11.1. The molecule has 2 heterocycles. The van der Waals surface area contributed by atoms with Gasteiger partial charge in [0.2, 0.25) is 5.91 Å². The first kappa shape index (κ1) is 21.7. The van der Waals surface area contributed by atoms with E-state index in [0.29, 0.717) is 37.2 Å². The number of amides is 1. The topological polar surface area (TPSA) is 99.8 Å². The van der Waals surface area contributed by atoms with E-state index in [1.54, 1.807) is 9.21 Å². The summed E-state index contributed by atoms with van der Waals surface area (Å²) in [5.74, 6) is 1.83. The Balaban J connectivity index is 1.18. The van der Waals surface area contributed by atoms with Gasteiger partial charge in [0, 0.05) is 18.6 Å². The van der Waals surface area contributed by atoms with Gasteiger partial charge in [-0.05, 0) is 86.3 Å². The molecule has 6 fully saturated rings. The average Bonchev–Trinajstić information content (AvgIpc) is 3.52. The molecule has 1 aromatic rings. The number of nitrogens with one attached hydrogen (secondary N) is 1. The van der Waals surface area contributed by atoms with Crippen LogP contribution in [0.25, 0.3) is 0 Å². The summed E-state index contributed by atoms with van der Waals surface area (Å²) < 4.78 is 22.4. The molecule has 3 N–H and O–H groups in total.